The third-order valence-electron chi connectivity index (χ3n) is 19.5. The molecule has 0 saturated heterocycles. The number of nitrogens with one attached hydrogen (secondary N) is 4. The van der Waals surface area contributed by atoms with Crippen LogP contribution in [0.25, 0.3) is 0 Å². The molecule has 0 saturated carbocycles. The summed E-state index contributed by atoms with van der Waals surface area (Å²) in [6.45, 7) is 5.27. The van der Waals surface area contributed by atoms with Crippen molar-refractivity contribution in [3.05, 3.63) is 232 Å². The van der Waals surface area contributed by atoms with Crippen molar-refractivity contribution in [2.45, 2.75) is 135 Å². The molecule has 4 atom stereocenters. The summed E-state index contributed by atoms with van der Waals surface area (Å²) in [4.78, 5) is 43.1. The summed E-state index contributed by atoms with van der Waals surface area (Å²) in [5.74, 6) is -5.03. The summed E-state index contributed by atoms with van der Waals surface area (Å²) >= 11 is 14.0. The largest absolute Gasteiger partial charge is 0.481 e. The zero-order valence-corrected chi connectivity index (χ0v) is 68.8. The zero-order chi connectivity index (χ0) is 81.9. The molecule has 34 heteroatoms. The third kappa shape index (κ3) is 19.8. The molecule has 600 valence electrons. The maximum absolute atomic E-state index is 14.4. The predicted octanol–water partition coefficient (Wildman–Crippen LogP) is 14.0. The lowest BCUT2D eigenvalue weighted by atomic mass is 9.95. The third-order valence-corrected chi connectivity index (χ3v) is 28.3. The second kappa shape index (κ2) is 37.7. The molecule has 8 aromatic rings. The summed E-state index contributed by atoms with van der Waals surface area (Å²) in [6, 6.07) is 37.5. The number of anilines is 4. The first kappa shape index (κ1) is 87.5. The van der Waals surface area contributed by atoms with Gasteiger partial charge in [0.2, 0.25) is 0 Å². The van der Waals surface area contributed by atoms with Gasteiger partial charge in [0.1, 0.15) is 17.5 Å². The number of nitrogens with zero attached hydrogens (tertiary/aromatic N) is 4. The number of unbranched alkanes of at least 4 members (excludes halogenated alkanes) is 4. The predicted molar refractivity (Wildman–Crippen MR) is 431 cm³/mol. The highest BCUT2D eigenvalue weighted by atomic mass is 127. The first-order valence-electron chi connectivity index (χ1n) is 35.6. The van der Waals surface area contributed by atoms with Crippen molar-refractivity contribution in [3.8, 4) is 0 Å². The fourth-order valence-corrected chi connectivity index (χ4v) is 20.6. The number of fused-ring (bicyclic) bond motifs is 8. The highest BCUT2D eigenvalue weighted by molar-refractivity contribution is 14.1. The van der Waals surface area contributed by atoms with Crippen LogP contribution in [0.1, 0.15) is 157 Å². The van der Waals surface area contributed by atoms with Gasteiger partial charge in [0.25, 0.3) is 40.1 Å². The Bertz CT molecular complexity index is 4700. The van der Waals surface area contributed by atoms with Gasteiger partial charge in [-0.3, -0.25) is 36.4 Å². The number of carboxylic acid groups (broad SMARTS) is 4. The summed E-state index contributed by atoms with van der Waals surface area (Å²) in [5.41, 5.74) is 7.68. The number of carbonyl (C=O) groups is 4. The molecule has 0 aliphatic carbocycles. The Labute approximate surface area is 673 Å². The van der Waals surface area contributed by atoms with E-state index in [-0.39, 0.29) is 71.0 Å². The van der Waals surface area contributed by atoms with E-state index in [9.17, 15) is 66.0 Å². The van der Waals surface area contributed by atoms with Crippen LogP contribution in [0.4, 0.5) is 35.9 Å². The molecule has 4 heterocycles. The Kier molecular flexibility index (Phi) is 29.5. The number of aliphatic carboxylic acids is 4. The van der Waals surface area contributed by atoms with Crippen LogP contribution in [0.5, 0.6) is 0 Å². The first-order chi connectivity index (χ1) is 52.9. The lowest BCUT2D eigenvalue weighted by Gasteiger charge is -2.22. The van der Waals surface area contributed by atoms with E-state index in [1.165, 1.54) is 69.6 Å². The van der Waals surface area contributed by atoms with Gasteiger partial charge in [-0.25, -0.2) is 46.8 Å². The van der Waals surface area contributed by atoms with Gasteiger partial charge in [-0.1, -0.05) is 96.0 Å². The van der Waals surface area contributed by atoms with Crippen molar-refractivity contribution in [1.82, 2.24) is 21.3 Å². The van der Waals surface area contributed by atoms with Crippen LogP contribution in [0.15, 0.2) is 165 Å². The minimum Gasteiger partial charge on any atom is -0.481 e. The number of para-hydroxylation sites is 4. The molecule has 0 spiro atoms. The molecule has 0 fully saturated rings. The van der Waals surface area contributed by atoms with Gasteiger partial charge in [-0.15, -0.1) is 0 Å². The molecule has 24 nitrogen and oxygen atoms in total. The monoisotopic (exact) mass is 1770 g/mol. The Balaban J connectivity index is 0.000000171. The number of rotatable bonds is 24. The minimum absolute atomic E-state index is 0.0550. The Hall–Kier alpha value is -8.42. The van der Waals surface area contributed by atoms with E-state index in [0.717, 1.165) is 28.8 Å². The van der Waals surface area contributed by atoms with Crippen molar-refractivity contribution >= 4 is 133 Å². The Morgan fingerprint density at radius 1 is 0.357 bits per heavy atom. The van der Waals surface area contributed by atoms with E-state index in [1.807, 2.05) is 42.5 Å². The lowest BCUT2D eigenvalue weighted by Crippen LogP contribution is -2.26. The quantitative estimate of drug-likeness (QED) is 0.0206. The van der Waals surface area contributed by atoms with E-state index < -0.39 is 99.5 Å². The van der Waals surface area contributed by atoms with Crippen molar-refractivity contribution in [1.29, 1.82) is 0 Å². The molecule has 4 aliphatic rings. The van der Waals surface area contributed by atoms with Crippen LogP contribution in [0.3, 0.4) is 0 Å². The Morgan fingerprint density at radius 2 is 0.616 bits per heavy atom. The summed E-state index contributed by atoms with van der Waals surface area (Å²) < 4.78 is 153. The molecule has 112 heavy (non-hydrogen) atoms. The number of hydrogen-bond acceptors (Lipinski definition) is 16. The zero-order valence-electron chi connectivity index (χ0n) is 61.9. The number of halogens is 6. The van der Waals surface area contributed by atoms with Crippen LogP contribution >= 0.6 is 45.8 Å². The molecule has 0 bridgehead atoms. The average Bonchev–Trinajstić information content (AvgIpc) is 1.62. The fourth-order valence-electron chi connectivity index (χ4n) is 13.5. The SMILES string of the molecule is CN1c2ccccc2C(NCCCCC(=O)O)c2cc(F)c(Cl)cc2S1(=O)=O.CN1c2ccccc2C(NCCCCC(=O)O)c2cc(F)c(I)cc2S1(=O)=O.Cc1cc2c(cc1Cl)C(NCCCCC(=O)O)c1ccccc1N(C)S2(=O)=O.Cc1cc2c(cc1F)C(NCCCCC(=O)O)c1ccccc1N(C)S2(=O)=O. The molecule has 0 amide bonds. The van der Waals surface area contributed by atoms with Gasteiger partial charge in [0.05, 0.1) is 75.1 Å². The highest BCUT2D eigenvalue weighted by Crippen LogP contribution is 2.46. The average molecular weight is 1770 g/mol. The standard InChI is InChI=1S/C20H23ClN2O4S.C20H23FN2O4S.C19H20ClFN2O4S.C19H20FIN2O4S/c2*1-13-11-18-15(12-16(13)21)20(22-10-6-5-9-19(24)25)14-7-3-4-8-17(14)23(2)28(18,26)27;1-23-16-7-3-2-6-12(16)19(22-9-5-4-8-18(24)25)13-10-15(21)14(20)11-17(13)28(23,26)27;1-23-16-7-3-2-6-12(16)19(22-9-5-4-8-18(24)25)13-10-14(20)15(21)11-17(13)28(23,26)27/h2*3-4,7-8,11-12,20,22H,5-6,9-10H2,1-2H3,(H,24,25);2*2-3,6-7,10-11,19,22H,4-5,8-9H2,1H3,(H,24,25). The molecular formula is C78H86Cl2F3IN8O16S4. The summed E-state index contributed by atoms with van der Waals surface area (Å²) in [5, 5.41) is 48.6. The van der Waals surface area contributed by atoms with Crippen molar-refractivity contribution in [2.75, 3.05) is 71.6 Å². The summed E-state index contributed by atoms with van der Waals surface area (Å²) in [7, 11) is -9.36. The fraction of sp³-hybridized carbons (Fsp3) is 0.333. The van der Waals surface area contributed by atoms with Crippen LogP contribution in [0.2, 0.25) is 10.0 Å². The number of carboxylic acids is 4. The minimum atomic E-state index is -3.92. The maximum atomic E-state index is 14.4. The molecule has 4 unspecified atom stereocenters. The van der Waals surface area contributed by atoms with Crippen LogP contribution in [0, 0.1) is 34.9 Å². The van der Waals surface area contributed by atoms with Crippen molar-refractivity contribution in [3.63, 3.8) is 0 Å². The number of benzene rings is 8. The van der Waals surface area contributed by atoms with E-state index in [1.54, 1.807) is 103 Å². The summed E-state index contributed by atoms with van der Waals surface area (Å²) in [6.07, 6.45) is 4.82. The van der Waals surface area contributed by atoms with E-state index in [4.69, 9.17) is 43.6 Å². The molecule has 4 aliphatic heterocycles. The molecule has 8 aromatic carbocycles. The van der Waals surface area contributed by atoms with E-state index in [2.05, 4.69) is 21.3 Å². The highest BCUT2D eigenvalue weighted by Gasteiger charge is 2.40. The second-order valence-corrected chi connectivity index (χ2v) is 36.7. The number of sulfonamides is 4. The van der Waals surface area contributed by atoms with Gasteiger partial charge in [-0.05, 0) is 242 Å². The number of hydrogen-bond donors (Lipinski definition) is 8. The van der Waals surface area contributed by atoms with Gasteiger partial charge < -0.3 is 41.7 Å². The smallest absolute Gasteiger partial charge is 0.303 e. The maximum Gasteiger partial charge on any atom is 0.303 e. The number of aryl methyl sites for hydroxylation is 2. The van der Waals surface area contributed by atoms with Crippen LogP contribution in [-0.4, -0.2) is 132 Å². The first-order valence-corrected chi connectivity index (χ1v) is 43.2. The normalized spacial score (nSPS) is 17.5. The second-order valence-electron chi connectivity index (χ2n) is 27.0. The van der Waals surface area contributed by atoms with Gasteiger partial charge in [0, 0.05) is 58.9 Å². The Morgan fingerprint density at radius 3 is 0.929 bits per heavy atom. The molecular weight excluding hydrogens is 1690 g/mol. The van der Waals surface area contributed by atoms with Crippen LogP contribution in [-0.2, 0) is 59.3 Å². The molecule has 0 aromatic heterocycles. The van der Waals surface area contributed by atoms with Crippen molar-refractivity contribution in [2.24, 2.45) is 0 Å². The topological polar surface area (TPSA) is 347 Å². The van der Waals surface area contributed by atoms with E-state index >= 15 is 0 Å². The van der Waals surface area contributed by atoms with Gasteiger partial charge in [-0.2, -0.15) is 0 Å². The lowest BCUT2D eigenvalue weighted by molar-refractivity contribution is -0.138. The van der Waals surface area contributed by atoms with Gasteiger partial charge >= 0.3 is 23.9 Å². The van der Waals surface area contributed by atoms with Gasteiger partial charge in [0.15, 0.2) is 0 Å². The van der Waals surface area contributed by atoms with Crippen LogP contribution < -0.4 is 38.5 Å². The van der Waals surface area contributed by atoms with Crippen molar-refractivity contribution < 1.29 is 86.4 Å². The molecule has 12 rings (SSSR count). The van der Waals surface area contributed by atoms with E-state index in [0.29, 0.717) is 133 Å². The molecule has 0 radical (unpaired) electrons. The molecule has 8 N–H and O–H groups in total.